The van der Waals surface area contributed by atoms with Crippen LogP contribution in [0.3, 0.4) is 0 Å². The van der Waals surface area contributed by atoms with Gasteiger partial charge in [-0.25, -0.2) is 66.5 Å². The molecular weight excluding hydrogens is 1480 g/mol. The van der Waals surface area contributed by atoms with Crippen LogP contribution >= 0.6 is 11.6 Å². The Bertz CT molecular complexity index is 5770. The molecule has 8 heterocycles. The first-order chi connectivity index (χ1) is 51.0. The van der Waals surface area contributed by atoms with Crippen molar-refractivity contribution >= 4 is 127 Å². The molecule has 0 unspecified atom stereocenters. The molecule has 0 bridgehead atoms. The summed E-state index contributed by atoms with van der Waals surface area (Å²) in [5.41, 5.74) is 3.63. The highest BCUT2D eigenvalue weighted by Crippen LogP contribution is 2.34. The van der Waals surface area contributed by atoms with E-state index in [0.717, 1.165) is 64.2 Å². The maximum atomic E-state index is 15.0. The van der Waals surface area contributed by atoms with E-state index < -0.39 is 116 Å². The van der Waals surface area contributed by atoms with Crippen LogP contribution in [-0.2, 0) is 43.7 Å². The summed E-state index contributed by atoms with van der Waals surface area (Å²) in [6.45, 7) is 7.55. The molecule has 0 saturated carbocycles. The number of anilines is 6. The molecule has 9 N–H and O–H groups in total. The molecule has 5 aromatic carbocycles. The lowest BCUT2D eigenvalue weighted by Crippen LogP contribution is -2.20. The zero-order valence-electron chi connectivity index (χ0n) is 57.4. The number of nitrogens with zero attached hydrogens (tertiary/aromatic N) is 7. The van der Waals surface area contributed by atoms with Crippen molar-refractivity contribution in [1.29, 1.82) is 0 Å². The molecule has 0 aliphatic rings. The molecule has 25 nitrogen and oxygen atoms in total. The Hall–Kier alpha value is -11.9. The lowest BCUT2D eigenvalue weighted by molar-refractivity contribution is 0.101. The first kappa shape index (κ1) is 77.7. The Morgan fingerprint density at radius 1 is 0.486 bits per heavy atom. The molecular formula is C72H67ClF6N16O9S3. The van der Waals surface area contributed by atoms with Gasteiger partial charge in [0, 0.05) is 75.9 Å². The number of benzene rings is 5. The number of aryl methyl sites for hydroxylation is 2. The minimum Gasteiger partial charge on any atom is -0.346 e. The van der Waals surface area contributed by atoms with Crippen LogP contribution in [0, 0.1) is 41.8 Å². The highest BCUT2D eigenvalue weighted by molar-refractivity contribution is 7.93. The van der Waals surface area contributed by atoms with Crippen LogP contribution < -0.4 is 30.1 Å². The van der Waals surface area contributed by atoms with E-state index in [1.165, 1.54) is 24.2 Å². The van der Waals surface area contributed by atoms with Gasteiger partial charge in [0.15, 0.2) is 17.5 Å². The smallest absolute Gasteiger partial charge is 0.261 e. The van der Waals surface area contributed by atoms with Gasteiger partial charge in [-0.2, -0.15) is 10.2 Å². The summed E-state index contributed by atoms with van der Waals surface area (Å²) in [7, 11) is -9.58. The Morgan fingerprint density at radius 2 is 0.916 bits per heavy atom. The molecule has 0 fully saturated rings. The monoisotopic (exact) mass is 1540 g/mol. The van der Waals surface area contributed by atoms with E-state index in [1.54, 1.807) is 91.3 Å². The molecule has 0 aliphatic carbocycles. The molecule has 8 aromatic heterocycles. The standard InChI is InChI=1S/C27H24F2N6O3S.C23H19ClF2N4O3S.C17H16F2N4O3S.C5H8N2/c1-2-10-39(37,38)34-23-9-8-22(28)24(25(23)29)27(36)33-19-11-20-21(14-31-26(20)30-13-19)18-12-32-35(16-18)15-17-6-4-3-5-7-17;1-2-9-34(32,33)30-19-8-7-18(25)20(21(19)26)23(31)29-15-10-16-17(12-28-22(16)27-11-15)13-3-5-14(24)6-4-13;1-2-7-27(25,26)23-13-4-3-12(18)14(15(13)19)17(24)22-11-8-10-5-6-20-16(10)21-9-11;1-5-3-6-7(2)4-5/h3-9,11-14,16,34H,2,10,15H2,1H3,(H,30,31)(H,33,36);3-8,10-12,30H,2,9H2,1H3,(H,27,28)(H,29,31);3-6,8-9,23H,2,7H2,1H3,(H,20,21)(H,22,24);3-4H,1-2H3. The maximum absolute atomic E-state index is 15.0. The SMILES string of the molecule is CCCS(=O)(=O)Nc1ccc(F)c(C(=O)Nc2cnc3[nH]cc(-c4ccc(Cl)cc4)c3c2)c1F.CCCS(=O)(=O)Nc1ccc(F)c(C(=O)Nc2cnc3[nH]cc(-c4cnn(Cc5ccccc5)c4)c3c2)c1F.CCCS(=O)(=O)Nc1ccc(F)c(C(=O)Nc2cnc3[nH]ccc3c2)c1F.Cc1cnn(C)c1. The molecule has 35 heteroatoms. The minimum atomic E-state index is -3.85. The van der Waals surface area contributed by atoms with E-state index in [4.69, 9.17) is 11.6 Å². The first-order valence-electron chi connectivity index (χ1n) is 32.6. The van der Waals surface area contributed by atoms with Crippen LogP contribution in [0.25, 0.3) is 55.4 Å². The summed E-state index contributed by atoms with van der Waals surface area (Å²) in [5.74, 6) is -11.2. The van der Waals surface area contributed by atoms with E-state index in [0.29, 0.717) is 63.9 Å². The topological polar surface area (TPSA) is 347 Å². The van der Waals surface area contributed by atoms with Gasteiger partial charge in [0.25, 0.3) is 17.7 Å². The molecule has 107 heavy (non-hydrogen) atoms. The third kappa shape index (κ3) is 19.7. The van der Waals surface area contributed by atoms with E-state index in [-0.39, 0.29) is 34.3 Å². The maximum Gasteiger partial charge on any atom is 0.261 e. The largest absolute Gasteiger partial charge is 0.346 e. The number of rotatable bonds is 22. The number of pyridine rings is 3. The number of nitrogens with one attached hydrogen (secondary N) is 9. The Balaban J connectivity index is 0.000000166. The number of H-pyrrole nitrogens is 3. The summed E-state index contributed by atoms with van der Waals surface area (Å²) in [6, 6.07) is 28.8. The van der Waals surface area contributed by atoms with Gasteiger partial charge in [0.2, 0.25) is 30.1 Å². The molecule has 0 aliphatic heterocycles. The van der Waals surface area contributed by atoms with Crippen molar-refractivity contribution < 1.29 is 66.0 Å². The molecule has 3 amide bonds. The number of carbonyl (C=O) groups excluding carboxylic acids is 3. The number of aromatic nitrogens is 10. The van der Waals surface area contributed by atoms with Crippen molar-refractivity contribution in [3.05, 3.63) is 245 Å². The predicted octanol–water partition coefficient (Wildman–Crippen LogP) is 14.7. The highest BCUT2D eigenvalue weighted by Gasteiger charge is 2.27. The van der Waals surface area contributed by atoms with Crippen LogP contribution in [-0.4, -0.2) is 110 Å². The molecule has 0 saturated heterocycles. The third-order valence-corrected chi connectivity index (χ3v) is 20.2. The summed E-state index contributed by atoms with van der Waals surface area (Å²) in [6.07, 6.45) is 17.5. The summed E-state index contributed by atoms with van der Waals surface area (Å²) in [4.78, 5) is 59.6. The average Bonchev–Trinajstić information content (AvgIpc) is 1.78. The fraction of sp³-hybridized carbons (Fsp3) is 0.167. The lowest BCUT2D eigenvalue weighted by Gasteiger charge is -2.12. The van der Waals surface area contributed by atoms with Crippen LogP contribution in [0.5, 0.6) is 0 Å². The second-order valence-electron chi connectivity index (χ2n) is 23.9. The van der Waals surface area contributed by atoms with Crippen molar-refractivity contribution in [2.24, 2.45) is 7.05 Å². The second kappa shape index (κ2) is 33.9. The third-order valence-electron chi connectivity index (χ3n) is 15.5. The van der Waals surface area contributed by atoms with Gasteiger partial charge < -0.3 is 30.9 Å². The van der Waals surface area contributed by atoms with Gasteiger partial charge in [0.05, 0.1) is 88.9 Å². The van der Waals surface area contributed by atoms with Crippen molar-refractivity contribution in [2.45, 2.75) is 53.5 Å². The molecule has 0 spiro atoms. The highest BCUT2D eigenvalue weighted by atomic mass is 35.5. The van der Waals surface area contributed by atoms with Gasteiger partial charge in [-0.15, -0.1) is 0 Å². The predicted molar refractivity (Wildman–Crippen MR) is 399 cm³/mol. The number of carbonyl (C=O) groups is 3. The zero-order valence-corrected chi connectivity index (χ0v) is 60.6. The number of aromatic amines is 3. The van der Waals surface area contributed by atoms with Gasteiger partial charge in [-0.05, 0) is 116 Å². The molecule has 13 rings (SSSR count). The molecule has 0 radical (unpaired) electrons. The van der Waals surface area contributed by atoms with Gasteiger partial charge in [-0.1, -0.05) is 74.8 Å². The Labute approximate surface area is 613 Å². The first-order valence-corrected chi connectivity index (χ1v) is 37.9. The van der Waals surface area contributed by atoms with E-state index >= 15 is 4.39 Å². The van der Waals surface area contributed by atoms with Gasteiger partial charge in [-0.3, -0.25) is 37.9 Å². The molecule has 0 atom stereocenters. The van der Waals surface area contributed by atoms with Crippen LogP contribution in [0.2, 0.25) is 5.02 Å². The van der Waals surface area contributed by atoms with Crippen LogP contribution in [0.15, 0.2) is 177 Å². The number of hydrogen-bond acceptors (Lipinski definition) is 14. The van der Waals surface area contributed by atoms with Gasteiger partial charge >= 0.3 is 0 Å². The van der Waals surface area contributed by atoms with Crippen LogP contribution in [0.1, 0.15) is 82.2 Å². The fourth-order valence-corrected chi connectivity index (χ4v) is 14.2. The van der Waals surface area contributed by atoms with Crippen molar-refractivity contribution in [3.63, 3.8) is 0 Å². The number of amides is 3. The van der Waals surface area contributed by atoms with E-state index in [1.807, 2.05) is 84.5 Å². The van der Waals surface area contributed by atoms with Crippen molar-refractivity contribution in [3.8, 4) is 22.3 Å². The van der Waals surface area contributed by atoms with E-state index in [2.05, 4.69) is 60.8 Å². The number of hydrogen-bond donors (Lipinski definition) is 9. The molecule has 13 aromatic rings. The summed E-state index contributed by atoms with van der Waals surface area (Å²) < 4.78 is 169. The Kier molecular flexibility index (Phi) is 24.6. The quantitative estimate of drug-likeness (QED) is 0.0285. The zero-order chi connectivity index (χ0) is 76.9. The van der Waals surface area contributed by atoms with Crippen LogP contribution in [0.4, 0.5) is 60.5 Å². The molecule has 556 valence electrons. The van der Waals surface area contributed by atoms with Crippen molar-refractivity contribution in [2.75, 3.05) is 47.4 Å². The minimum absolute atomic E-state index is 0.195. The normalized spacial score (nSPS) is 11.4. The average molecular weight is 1550 g/mol. The second-order valence-corrected chi connectivity index (χ2v) is 29.8. The number of fused-ring (bicyclic) bond motifs is 3. The summed E-state index contributed by atoms with van der Waals surface area (Å²) >= 11 is 5.95. The van der Waals surface area contributed by atoms with Crippen molar-refractivity contribution in [1.82, 2.24) is 49.5 Å². The lowest BCUT2D eigenvalue weighted by atomic mass is 10.1. The number of sulfonamides is 3. The number of halogens is 7. The fourth-order valence-electron chi connectivity index (χ4n) is 10.7. The summed E-state index contributed by atoms with van der Waals surface area (Å²) in [5, 5.41) is 18.2. The van der Waals surface area contributed by atoms with E-state index in [9.17, 15) is 61.6 Å². The Morgan fingerprint density at radius 3 is 1.33 bits per heavy atom. The van der Waals surface area contributed by atoms with Gasteiger partial charge in [0.1, 0.15) is 51.1 Å².